The van der Waals surface area contributed by atoms with Gasteiger partial charge >= 0.3 is 151 Å². The Morgan fingerprint density at radius 3 is 0.708 bits per heavy atom. The van der Waals surface area contributed by atoms with Gasteiger partial charge in [-0.2, -0.15) is 0 Å². The molecule has 0 spiro atoms. The van der Waals surface area contributed by atoms with Gasteiger partial charge in [-0.25, -0.2) is 0 Å². The van der Waals surface area contributed by atoms with E-state index in [2.05, 4.69) is 362 Å². The van der Waals surface area contributed by atoms with E-state index in [-0.39, 0.29) is 99.9 Å². The summed E-state index contributed by atoms with van der Waals surface area (Å²) in [6, 6.07) is 0. The Balaban J connectivity index is 0.000000902. The van der Waals surface area contributed by atoms with Crippen LogP contribution in [0.15, 0.2) is 315 Å². The van der Waals surface area contributed by atoms with Gasteiger partial charge in [0.05, 0.1) is 0 Å². The van der Waals surface area contributed by atoms with Crippen molar-refractivity contribution in [2.75, 3.05) is 0 Å². The van der Waals surface area contributed by atoms with Gasteiger partial charge < -0.3 is 59.4 Å². The van der Waals surface area contributed by atoms with Crippen LogP contribution in [0.25, 0.3) is 0 Å². The molecule has 0 radical (unpaired) electrons. The van der Waals surface area contributed by atoms with Gasteiger partial charge in [0.1, 0.15) is 0 Å². The molecule has 0 aromatic heterocycles. The van der Waals surface area contributed by atoms with Gasteiger partial charge in [0.25, 0.3) is 0 Å². The maximum atomic E-state index is 4.93. The summed E-state index contributed by atoms with van der Waals surface area (Å²) < 4.78 is 0. The molecule has 0 amide bonds. The predicted molar refractivity (Wildman–Crippen MR) is 640 cm³/mol. The van der Waals surface area contributed by atoms with Crippen LogP contribution in [0.1, 0.15) is 227 Å². The van der Waals surface area contributed by atoms with E-state index >= 15 is 0 Å². The molecule has 34 unspecified atom stereocenters. The van der Waals surface area contributed by atoms with Crippen LogP contribution in [0.5, 0.6) is 0 Å². The molecule has 796 valence electrons. The third-order valence-corrected chi connectivity index (χ3v) is 35.9. The molecule has 0 nitrogen and oxygen atoms in total. The molecule has 8 fully saturated rings. The number of unbranched alkanes of at least 4 members (excludes halogenated alkanes) is 1. The molecule has 0 aliphatic heterocycles. The van der Waals surface area contributed by atoms with Gasteiger partial charge in [-0.1, -0.05) is 401 Å². The van der Waals surface area contributed by atoms with Crippen molar-refractivity contribution >= 4 is 68.1 Å². The van der Waals surface area contributed by atoms with Crippen molar-refractivity contribution in [3.63, 3.8) is 0 Å². The van der Waals surface area contributed by atoms with Gasteiger partial charge in [-0.05, 0) is 352 Å². The van der Waals surface area contributed by atoms with Crippen molar-refractivity contribution in [2.45, 2.75) is 227 Å². The summed E-state index contributed by atoms with van der Waals surface area (Å²) in [5, 5.41) is 0. The van der Waals surface area contributed by atoms with Crippen molar-refractivity contribution in [1.82, 2.24) is 0 Å². The molecule has 20 aliphatic rings. The summed E-state index contributed by atoms with van der Waals surface area (Å²) in [6.45, 7) is 31.5. The number of allylic oxidation sites excluding steroid dienone is 50. The third kappa shape index (κ3) is 35.0. The summed E-state index contributed by atoms with van der Waals surface area (Å²) in [5.41, 5.74) is 6.54. The van der Waals surface area contributed by atoms with Crippen LogP contribution in [-0.2, 0) is 83.4 Å². The number of halogens is 8. The second kappa shape index (κ2) is 69.9. The Labute approximate surface area is 965 Å². The Morgan fingerprint density at radius 1 is 0.250 bits per heavy atom. The van der Waals surface area contributed by atoms with Crippen molar-refractivity contribution in [3.8, 4) is 0 Å². The van der Waals surface area contributed by atoms with Crippen molar-refractivity contribution in [1.29, 1.82) is 0 Å². The zero-order valence-electron chi connectivity index (χ0n) is 88.9. The van der Waals surface area contributed by atoms with E-state index in [0.717, 1.165) is 166 Å². The molecule has 0 aromatic carbocycles. The van der Waals surface area contributed by atoms with Gasteiger partial charge in [0.2, 0.25) is 0 Å². The molecule has 8 saturated carbocycles. The molecule has 20 aliphatic carbocycles. The van der Waals surface area contributed by atoms with E-state index in [1.54, 1.807) is 11.1 Å². The molecule has 20 rings (SSSR count). The molecule has 0 aromatic rings. The Hall–Kier alpha value is -0.908. The Morgan fingerprint density at radius 2 is 0.458 bits per heavy atom. The number of hydrogen-bond acceptors (Lipinski definition) is 0. The van der Waals surface area contributed by atoms with Crippen LogP contribution in [0, 0.1) is 283 Å². The molecular weight excluding hydrogens is 2230 g/mol. The van der Waals surface area contributed by atoms with E-state index in [1.165, 1.54) is 140 Å². The summed E-state index contributed by atoms with van der Waals surface area (Å²) in [7, 11) is 39.5. The van der Waals surface area contributed by atoms with Gasteiger partial charge in [-0.15, -0.1) is 13.2 Å². The number of hydrogen-bond donors (Lipinski definition) is 0. The molecule has 0 bridgehead atoms. The van der Waals surface area contributed by atoms with E-state index in [9.17, 15) is 0 Å². The first-order valence-electron chi connectivity index (χ1n) is 51.5. The van der Waals surface area contributed by atoms with Crippen LogP contribution in [-0.4, -0.2) is 0 Å². The van der Waals surface area contributed by atoms with Gasteiger partial charge in [-0.3, -0.25) is 0 Å². The van der Waals surface area contributed by atoms with Gasteiger partial charge in [0.15, 0.2) is 0 Å². The van der Waals surface area contributed by atoms with Crippen LogP contribution < -0.4 is 0 Å². The van der Waals surface area contributed by atoms with Crippen molar-refractivity contribution in [3.05, 3.63) is 374 Å². The summed E-state index contributed by atoms with van der Waals surface area (Å²) in [4.78, 5) is 0. The molecule has 0 heterocycles. The summed E-state index contributed by atoms with van der Waals surface area (Å²) >= 11 is -3.30. The van der Waals surface area contributed by atoms with E-state index in [4.69, 9.17) is 68.1 Å². The summed E-state index contributed by atoms with van der Waals surface area (Å²) in [6.07, 6.45) is 139. The number of fused-ring (bicyclic) bond motifs is 16. The monoisotopic (exact) mass is 2420 g/mol. The van der Waals surface area contributed by atoms with E-state index < -0.39 is 83.4 Å². The maximum absolute atomic E-state index is 4.93. The molecule has 144 heavy (non-hydrogen) atoms. The summed E-state index contributed by atoms with van der Waals surface area (Å²) in [5.74, 6) is 27.9. The van der Waals surface area contributed by atoms with Crippen LogP contribution in [0.3, 0.4) is 0 Å². The fourth-order valence-electron chi connectivity index (χ4n) is 30.3. The SMILES string of the molecule is C.C.C.C.C=CCC1CC(CCC2C3C=CC=CC3C3C=CC=CC32)C2C=CC=CC12.C=CCCC1CC(CCC2C3C=CC=CC3C3C=CC=CC32)C2C=CC=CC12.CCCC1CC(CCC2C3C=C(C)C=CC3C3C=CC(C(C)(C)C)=CC32)C2C=CC=CC12.CCCCC1CC(CCC2C3C=C(C)C=CC3C3C=CC(C(C)(C)C)=CC32)C2C=CC=CC12.[CH3-].[CH3-].[CH3-].[CH3-].[CH3-].[CH3-].[CH3-].[CH3-].[Cl][Zr+2][Cl].[Cl][Zr+2][Cl].[Cl][Zr+2][Cl].[Cl][Zr+2][Cl]. The molecular formula is C132H196Cl8Zr4. The Bertz CT molecular complexity index is 4460. The molecule has 12 heteroatoms. The average Bonchev–Trinajstić information content (AvgIpc) is 1.54. The quantitative estimate of drug-likeness (QED) is 0.0749. The first-order chi connectivity index (χ1) is 64.1. The van der Waals surface area contributed by atoms with E-state index in [0.29, 0.717) is 47.3 Å². The van der Waals surface area contributed by atoms with Crippen LogP contribution in [0.2, 0.25) is 0 Å². The first-order valence-corrected chi connectivity index (χ1v) is 76.9. The standard InChI is InChI=1S/C33H46.C32H44.C28H34.C27H32.4CH4.8CH3.8ClH.4Zr/c1-6-7-10-23-20-24(27-12-9-8-11-26(23)27)14-17-30-31-19-22(2)13-16-28(31)29-18-15-25(21-32(29)30)33(3,4)5;1-6-9-22-19-23(26-11-8-7-10-25(22)26)13-16-29-30-18-21(2)12-15-27(30)28-17-14-24(20-31(28)29)32(3,4)5;1-2-3-10-20-19-21(23-12-5-4-11-22(20)23)17-18-28-26-15-8-6-13-24(26)25-14-7-9-16-27(25)28;1-2-9-19-18-20(22-11-4-3-10-21(19)22)16-17-27-25-14-7-5-12-23(25)24-13-6-8-15-26(24)27;;;;;;;;;;;;;;;;;;;;;;;;/h8-9,11-13,15-16,18-19,21,23-24,26-32H,6-7,10,14,17,20H2,1-5H3;7-8,10-12,14-15,17-18,20,22-23,25-31H,6,9,13,16,19H2,1-5H3;2,4-9,11-16,20-28H,1,3,10,17-19H2;2-8,10-15,19-27H,1,9,16-18H2;4*1H4;8*1H3;8*1H;;;;/q;;;;;;;;8*-1;;;;;;;;;4*+4/p-8. The fourth-order valence-corrected chi connectivity index (χ4v) is 30.3. The van der Waals surface area contributed by atoms with E-state index in [1.807, 2.05) is 0 Å². The number of rotatable bonds is 22. The second-order valence-corrected chi connectivity index (χ2v) is 59.5. The molecule has 0 saturated heterocycles. The average molecular weight is 2430 g/mol. The van der Waals surface area contributed by atoms with Crippen LogP contribution in [0.4, 0.5) is 0 Å². The van der Waals surface area contributed by atoms with Gasteiger partial charge in [0, 0.05) is 0 Å². The fraction of sp³-hybridized carbons (Fsp3) is 0.545. The zero-order chi connectivity index (χ0) is 93.6. The van der Waals surface area contributed by atoms with Crippen LogP contribution >= 0.6 is 68.1 Å². The minimum absolute atomic E-state index is 0. The third-order valence-electron chi connectivity index (χ3n) is 35.9. The Kier molecular flexibility index (Phi) is 68.5. The molecule has 34 atom stereocenters. The van der Waals surface area contributed by atoms with Crippen molar-refractivity contribution in [2.24, 2.45) is 224 Å². The molecule has 0 N–H and O–H groups in total. The normalized spacial score (nSPS) is 36.2. The van der Waals surface area contributed by atoms with Crippen molar-refractivity contribution < 1.29 is 83.4 Å². The first kappa shape index (κ1) is 141. The second-order valence-electron chi connectivity index (χ2n) is 44.6. The minimum atomic E-state index is -0.826. The topological polar surface area (TPSA) is 0 Å². The zero-order valence-corrected chi connectivity index (χ0v) is 105. The predicted octanol–water partition coefficient (Wildman–Crippen LogP) is 43.2.